The molecule has 194 valence electrons. The zero-order chi connectivity index (χ0) is 24.1. The number of para-hydroxylation sites is 1. The Morgan fingerprint density at radius 3 is 2.43 bits per heavy atom. The van der Waals surface area contributed by atoms with Crippen molar-refractivity contribution in [2.24, 2.45) is 5.92 Å². The van der Waals surface area contributed by atoms with E-state index in [9.17, 15) is 4.79 Å². The second kappa shape index (κ2) is 11.6. The van der Waals surface area contributed by atoms with Crippen molar-refractivity contribution in [3.8, 4) is 5.75 Å². The predicted molar refractivity (Wildman–Crippen MR) is 126 cm³/mol. The molecule has 0 spiro atoms. The molecule has 3 aliphatic heterocycles. The van der Waals surface area contributed by atoms with Crippen molar-refractivity contribution in [2.45, 2.75) is 94.8 Å². The SMILES string of the molecule is CC(COc1ccccc1)(CO[C@H]1[C@@H]2CC(=O)O[C@@H]2C[C@@H]1OC1CCCCO1)OC1CCCCO1. The van der Waals surface area contributed by atoms with Crippen molar-refractivity contribution in [3.63, 3.8) is 0 Å². The summed E-state index contributed by atoms with van der Waals surface area (Å²) in [6.07, 6.45) is 5.84. The fourth-order valence-corrected chi connectivity index (χ4v) is 5.45. The highest BCUT2D eigenvalue weighted by Gasteiger charge is 2.53. The minimum atomic E-state index is -0.745. The van der Waals surface area contributed by atoms with Crippen molar-refractivity contribution in [2.75, 3.05) is 26.4 Å². The highest BCUT2D eigenvalue weighted by molar-refractivity contribution is 5.72. The van der Waals surface area contributed by atoms with Crippen LogP contribution >= 0.6 is 0 Å². The second-order valence-corrected chi connectivity index (χ2v) is 10.3. The third-order valence-electron chi connectivity index (χ3n) is 7.30. The monoisotopic (exact) mass is 490 g/mol. The third kappa shape index (κ3) is 6.54. The number of carbonyl (C=O) groups is 1. The van der Waals surface area contributed by atoms with Gasteiger partial charge in [0.1, 0.15) is 24.1 Å². The third-order valence-corrected chi connectivity index (χ3v) is 7.30. The van der Waals surface area contributed by atoms with Gasteiger partial charge in [-0.15, -0.1) is 0 Å². The van der Waals surface area contributed by atoms with Gasteiger partial charge in [0.25, 0.3) is 0 Å². The largest absolute Gasteiger partial charge is 0.491 e. The van der Waals surface area contributed by atoms with E-state index in [1.807, 2.05) is 37.3 Å². The molecular formula is C27H38O8. The van der Waals surface area contributed by atoms with Gasteiger partial charge in [-0.2, -0.15) is 0 Å². The van der Waals surface area contributed by atoms with Gasteiger partial charge in [0, 0.05) is 25.6 Å². The van der Waals surface area contributed by atoms with Gasteiger partial charge < -0.3 is 33.2 Å². The van der Waals surface area contributed by atoms with Gasteiger partial charge in [-0.3, -0.25) is 4.79 Å². The minimum Gasteiger partial charge on any atom is -0.491 e. The molecule has 3 saturated heterocycles. The zero-order valence-corrected chi connectivity index (χ0v) is 20.6. The summed E-state index contributed by atoms with van der Waals surface area (Å²) in [6, 6.07) is 9.70. The molecule has 0 radical (unpaired) electrons. The van der Waals surface area contributed by atoms with Gasteiger partial charge in [0.05, 0.1) is 25.2 Å². The van der Waals surface area contributed by atoms with Crippen LogP contribution in [0, 0.1) is 5.92 Å². The van der Waals surface area contributed by atoms with Crippen LogP contribution in [-0.4, -0.2) is 68.9 Å². The molecular weight excluding hydrogens is 452 g/mol. The van der Waals surface area contributed by atoms with E-state index < -0.39 is 5.60 Å². The Balaban J connectivity index is 1.26. The van der Waals surface area contributed by atoms with Crippen LogP contribution < -0.4 is 4.74 Å². The molecule has 4 aliphatic rings. The van der Waals surface area contributed by atoms with Crippen molar-refractivity contribution < 1.29 is 38.0 Å². The average molecular weight is 491 g/mol. The summed E-state index contributed by atoms with van der Waals surface area (Å²) < 4.78 is 42.7. The highest BCUT2D eigenvalue weighted by Crippen LogP contribution is 2.41. The van der Waals surface area contributed by atoms with E-state index in [0.717, 1.165) is 50.9 Å². The molecule has 8 nitrogen and oxygen atoms in total. The lowest BCUT2D eigenvalue weighted by Crippen LogP contribution is -2.47. The van der Waals surface area contributed by atoms with Crippen LogP contribution in [0.1, 0.15) is 58.3 Å². The Bertz CT molecular complexity index is 807. The Kier molecular flexibility index (Phi) is 8.25. The van der Waals surface area contributed by atoms with Gasteiger partial charge in [0.2, 0.25) is 0 Å². The summed E-state index contributed by atoms with van der Waals surface area (Å²) in [5.74, 6) is 0.586. The van der Waals surface area contributed by atoms with Gasteiger partial charge >= 0.3 is 5.97 Å². The summed E-state index contributed by atoms with van der Waals surface area (Å²) in [6.45, 7) is 4.01. The number of carbonyl (C=O) groups excluding carboxylic acids is 1. The number of fused-ring (bicyclic) bond motifs is 1. The molecule has 1 aliphatic carbocycles. The highest BCUT2D eigenvalue weighted by atomic mass is 16.7. The molecule has 35 heavy (non-hydrogen) atoms. The number of hydrogen-bond donors (Lipinski definition) is 0. The fraction of sp³-hybridized carbons (Fsp3) is 0.741. The van der Waals surface area contributed by atoms with Crippen LogP contribution in [0.2, 0.25) is 0 Å². The summed E-state index contributed by atoms with van der Waals surface area (Å²) in [5, 5.41) is 0. The maximum atomic E-state index is 12.0. The first-order valence-corrected chi connectivity index (χ1v) is 13.1. The van der Waals surface area contributed by atoms with Gasteiger partial charge in [-0.1, -0.05) is 18.2 Å². The number of benzene rings is 1. The van der Waals surface area contributed by atoms with Crippen LogP contribution in [0.5, 0.6) is 5.75 Å². The number of hydrogen-bond acceptors (Lipinski definition) is 8. The first kappa shape index (κ1) is 25.0. The molecule has 8 heteroatoms. The molecule has 0 bridgehead atoms. The normalized spacial score (nSPS) is 34.7. The van der Waals surface area contributed by atoms with Gasteiger partial charge in [-0.25, -0.2) is 0 Å². The molecule has 7 atom stereocenters. The molecule has 3 heterocycles. The van der Waals surface area contributed by atoms with Crippen LogP contribution in [-0.2, 0) is 33.2 Å². The second-order valence-electron chi connectivity index (χ2n) is 10.3. The molecule has 5 rings (SSSR count). The van der Waals surface area contributed by atoms with E-state index >= 15 is 0 Å². The molecule has 1 saturated carbocycles. The van der Waals surface area contributed by atoms with E-state index in [2.05, 4.69) is 0 Å². The molecule has 1 aromatic rings. The van der Waals surface area contributed by atoms with Crippen molar-refractivity contribution in [3.05, 3.63) is 30.3 Å². The quantitative estimate of drug-likeness (QED) is 0.455. The lowest BCUT2D eigenvalue weighted by molar-refractivity contribution is -0.252. The van der Waals surface area contributed by atoms with E-state index in [0.29, 0.717) is 26.1 Å². The Morgan fingerprint density at radius 1 is 0.971 bits per heavy atom. The Morgan fingerprint density at radius 2 is 1.71 bits per heavy atom. The summed E-state index contributed by atoms with van der Waals surface area (Å²) in [7, 11) is 0. The van der Waals surface area contributed by atoms with Crippen LogP contribution in [0.4, 0.5) is 0 Å². The molecule has 4 fully saturated rings. The standard InChI is InChI=1S/C27H38O8/c1-27(35-25-12-6-8-14-30-25,17-31-19-9-3-2-4-10-19)18-32-26-20-15-23(28)33-21(20)16-22(26)34-24-11-5-7-13-29-24/h2-4,9-10,20-22,24-26H,5-8,11-18H2,1H3/t20-,21-,22+,24?,25?,26+,27?/m1/s1. The van der Waals surface area contributed by atoms with E-state index in [1.54, 1.807) is 0 Å². The molecule has 3 unspecified atom stereocenters. The first-order chi connectivity index (χ1) is 17.1. The lowest BCUT2D eigenvalue weighted by atomic mass is 10.0. The van der Waals surface area contributed by atoms with Crippen molar-refractivity contribution in [1.82, 2.24) is 0 Å². The molecule has 1 aromatic carbocycles. The zero-order valence-electron chi connectivity index (χ0n) is 20.6. The number of rotatable bonds is 10. The van der Waals surface area contributed by atoms with Gasteiger partial charge in [0.15, 0.2) is 12.6 Å². The average Bonchev–Trinajstić information content (AvgIpc) is 3.39. The first-order valence-electron chi connectivity index (χ1n) is 13.1. The number of esters is 1. The van der Waals surface area contributed by atoms with Crippen molar-refractivity contribution in [1.29, 1.82) is 0 Å². The molecule has 0 aromatic heterocycles. The van der Waals surface area contributed by atoms with E-state index in [4.69, 9.17) is 33.2 Å². The van der Waals surface area contributed by atoms with E-state index in [1.165, 1.54) is 0 Å². The maximum Gasteiger partial charge on any atom is 0.306 e. The van der Waals surface area contributed by atoms with Gasteiger partial charge in [-0.05, 0) is 57.6 Å². The summed E-state index contributed by atoms with van der Waals surface area (Å²) in [4.78, 5) is 12.0. The summed E-state index contributed by atoms with van der Waals surface area (Å²) >= 11 is 0. The molecule has 0 N–H and O–H groups in total. The van der Waals surface area contributed by atoms with E-state index in [-0.39, 0.29) is 49.4 Å². The Labute approximate surface area is 207 Å². The van der Waals surface area contributed by atoms with Crippen LogP contribution in [0.15, 0.2) is 30.3 Å². The summed E-state index contributed by atoms with van der Waals surface area (Å²) in [5.41, 5.74) is -0.745. The predicted octanol–water partition coefficient (Wildman–Crippen LogP) is 4.00. The van der Waals surface area contributed by atoms with Crippen LogP contribution in [0.25, 0.3) is 0 Å². The minimum absolute atomic E-state index is 0.0266. The smallest absolute Gasteiger partial charge is 0.306 e. The topological polar surface area (TPSA) is 81.7 Å². The lowest BCUT2D eigenvalue weighted by Gasteiger charge is -2.37. The molecule has 0 amide bonds. The van der Waals surface area contributed by atoms with Crippen LogP contribution in [0.3, 0.4) is 0 Å². The maximum absolute atomic E-state index is 12.0. The fourth-order valence-electron chi connectivity index (χ4n) is 5.45. The van der Waals surface area contributed by atoms with Crippen molar-refractivity contribution >= 4 is 5.97 Å². The number of ether oxygens (including phenoxy) is 7. The Hall–Kier alpha value is -1.71.